The second kappa shape index (κ2) is 15.3. The van der Waals surface area contributed by atoms with Crippen molar-refractivity contribution in [1.82, 2.24) is 9.13 Å². The van der Waals surface area contributed by atoms with Crippen LogP contribution in [0.2, 0.25) is 0 Å². The first-order valence-corrected chi connectivity index (χ1v) is 21.6. The summed E-state index contributed by atoms with van der Waals surface area (Å²) in [5.41, 5.74) is 17.2. The molecule has 2 aromatic heterocycles. The third-order valence-corrected chi connectivity index (χ3v) is 12.5. The third-order valence-electron chi connectivity index (χ3n) is 12.5. The van der Waals surface area contributed by atoms with E-state index in [0.29, 0.717) is 0 Å². The van der Waals surface area contributed by atoms with E-state index in [9.17, 15) is 0 Å². The first kappa shape index (κ1) is 36.5. The summed E-state index contributed by atoms with van der Waals surface area (Å²) >= 11 is 0. The van der Waals surface area contributed by atoms with Gasteiger partial charge >= 0.3 is 0 Å². The summed E-state index contributed by atoms with van der Waals surface area (Å²) in [6.45, 7) is 0. The third kappa shape index (κ3) is 6.38. The van der Waals surface area contributed by atoms with Crippen LogP contribution in [0.5, 0.6) is 0 Å². The van der Waals surface area contributed by atoms with Gasteiger partial charge in [-0.1, -0.05) is 170 Å². The first-order valence-electron chi connectivity index (χ1n) is 21.6. The maximum atomic E-state index is 2.43. The Morgan fingerprint density at radius 3 is 0.984 bits per heavy atom. The average molecular weight is 804 g/mol. The second-order valence-corrected chi connectivity index (χ2v) is 16.2. The summed E-state index contributed by atoms with van der Waals surface area (Å²) in [7, 11) is 0. The molecule has 0 spiro atoms. The van der Waals surface area contributed by atoms with Crippen LogP contribution in [0.25, 0.3) is 88.4 Å². The topological polar surface area (TPSA) is 13.1 Å². The Bertz CT molecular complexity index is 3290. The highest BCUT2D eigenvalue weighted by Crippen LogP contribution is 2.41. The van der Waals surface area contributed by atoms with Crippen LogP contribution in [0.15, 0.2) is 249 Å². The molecule has 0 atom stereocenters. The molecule has 296 valence electrons. The van der Waals surface area contributed by atoms with Crippen molar-refractivity contribution in [1.29, 1.82) is 0 Å². The van der Waals surface area contributed by atoms with Crippen LogP contribution in [0.4, 0.5) is 17.1 Å². The zero-order valence-corrected chi connectivity index (χ0v) is 34.5. The predicted molar refractivity (Wildman–Crippen MR) is 266 cm³/mol. The van der Waals surface area contributed by atoms with E-state index in [2.05, 4.69) is 263 Å². The molecular formula is C60H41N3. The molecule has 3 nitrogen and oxygen atoms in total. The van der Waals surface area contributed by atoms with Crippen molar-refractivity contribution in [3.63, 3.8) is 0 Å². The van der Waals surface area contributed by atoms with Crippen molar-refractivity contribution in [2.75, 3.05) is 4.90 Å². The van der Waals surface area contributed by atoms with Crippen molar-refractivity contribution in [2.24, 2.45) is 0 Å². The van der Waals surface area contributed by atoms with E-state index in [1.165, 1.54) is 65.9 Å². The fourth-order valence-corrected chi connectivity index (χ4v) is 9.58. The SMILES string of the molecule is c1ccc(-c2cccc(N(c3ccc(-c4cc(-n5c6ccccc6c6ccccc65)cc(-n5c6ccccc6c6ccccc65)c4)cc3)c3cccc(-c4ccccc4)c3)c2)cc1. The minimum absolute atomic E-state index is 1.08. The van der Waals surface area contributed by atoms with Gasteiger partial charge in [-0.15, -0.1) is 0 Å². The normalized spacial score (nSPS) is 11.5. The Morgan fingerprint density at radius 2 is 0.571 bits per heavy atom. The summed E-state index contributed by atoms with van der Waals surface area (Å²) in [6.07, 6.45) is 0. The van der Waals surface area contributed by atoms with Crippen molar-refractivity contribution >= 4 is 60.7 Å². The molecular weight excluding hydrogens is 763 g/mol. The number of aromatic nitrogens is 2. The van der Waals surface area contributed by atoms with Gasteiger partial charge in [0.1, 0.15) is 0 Å². The van der Waals surface area contributed by atoms with E-state index in [-0.39, 0.29) is 0 Å². The zero-order chi connectivity index (χ0) is 41.7. The number of hydrogen-bond donors (Lipinski definition) is 0. The summed E-state index contributed by atoms with van der Waals surface area (Å²) in [6, 6.07) is 90.2. The molecule has 0 bridgehead atoms. The molecule has 0 unspecified atom stereocenters. The highest BCUT2D eigenvalue weighted by molar-refractivity contribution is 6.10. The minimum Gasteiger partial charge on any atom is -0.310 e. The van der Waals surface area contributed by atoms with E-state index >= 15 is 0 Å². The smallest absolute Gasteiger partial charge is 0.0541 e. The number of para-hydroxylation sites is 4. The molecule has 0 aliphatic carbocycles. The summed E-state index contributed by atoms with van der Waals surface area (Å²) in [4.78, 5) is 2.38. The van der Waals surface area contributed by atoms with Crippen LogP contribution in [-0.2, 0) is 0 Å². The molecule has 0 radical (unpaired) electrons. The molecule has 0 saturated heterocycles. The summed E-state index contributed by atoms with van der Waals surface area (Å²) in [5, 5.41) is 4.98. The van der Waals surface area contributed by atoms with Gasteiger partial charge in [-0.3, -0.25) is 0 Å². The van der Waals surface area contributed by atoms with Crippen LogP contribution in [-0.4, -0.2) is 9.13 Å². The largest absolute Gasteiger partial charge is 0.310 e. The molecule has 0 aliphatic heterocycles. The Hall–Kier alpha value is -8.40. The maximum Gasteiger partial charge on any atom is 0.0541 e. The van der Waals surface area contributed by atoms with Crippen molar-refractivity contribution in [2.45, 2.75) is 0 Å². The van der Waals surface area contributed by atoms with Gasteiger partial charge in [-0.05, 0) is 112 Å². The second-order valence-electron chi connectivity index (χ2n) is 16.2. The van der Waals surface area contributed by atoms with Gasteiger partial charge in [0.15, 0.2) is 0 Å². The molecule has 0 amide bonds. The molecule has 3 heteroatoms. The molecule has 0 aliphatic rings. The standard InChI is InChI=1S/C60H41N3/c1-3-17-42(18-4-1)45-21-15-23-49(37-45)61(50-24-16-22-46(38-50)43-19-5-2-6-20-43)48-35-33-44(34-36-48)47-39-51(62-57-29-11-7-25-53(57)54-26-8-12-30-58(54)62)41-52(40-47)63-59-31-13-9-27-55(59)56-28-10-14-32-60(56)63/h1-41H. The quantitative estimate of drug-likeness (QED) is 0.149. The highest BCUT2D eigenvalue weighted by atomic mass is 15.1. The molecule has 2 heterocycles. The van der Waals surface area contributed by atoms with Gasteiger partial charge in [-0.25, -0.2) is 0 Å². The number of rotatable bonds is 8. The molecule has 12 rings (SSSR count). The van der Waals surface area contributed by atoms with Crippen LogP contribution in [0.1, 0.15) is 0 Å². The number of fused-ring (bicyclic) bond motifs is 6. The Kier molecular flexibility index (Phi) is 8.83. The van der Waals surface area contributed by atoms with E-state index in [1.54, 1.807) is 0 Å². The van der Waals surface area contributed by atoms with Gasteiger partial charge in [0, 0.05) is 50.0 Å². The Morgan fingerprint density at radius 1 is 0.222 bits per heavy atom. The lowest BCUT2D eigenvalue weighted by Crippen LogP contribution is -2.10. The lowest BCUT2D eigenvalue weighted by Gasteiger charge is -2.27. The molecule has 0 N–H and O–H groups in total. The number of benzene rings is 10. The summed E-state index contributed by atoms with van der Waals surface area (Å²) in [5.74, 6) is 0. The fourth-order valence-electron chi connectivity index (χ4n) is 9.58. The maximum absolute atomic E-state index is 2.43. The lowest BCUT2D eigenvalue weighted by molar-refractivity contribution is 1.13. The van der Waals surface area contributed by atoms with Crippen LogP contribution in [0, 0.1) is 0 Å². The Labute approximate surface area is 366 Å². The van der Waals surface area contributed by atoms with Gasteiger partial charge in [0.25, 0.3) is 0 Å². The highest BCUT2D eigenvalue weighted by Gasteiger charge is 2.19. The lowest BCUT2D eigenvalue weighted by atomic mass is 10.0. The van der Waals surface area contributed by atoms with Crippen LogP contribution in [0.3, 0.4) is 0 Å². The van der Waals surface area contributed by atoms with Crippen LogP contribution >= 0.6 is 0 Å². The zero-order valence-electron chi connectivity index (χ0n) is 34.5. The van der Waals surface area contributed by atoms with Gasteiger partial charge in [-0.2, -0.15) is 0 Å². The van der Waals surface area contributed by atoms with Crippen molar-refractivity contribution < 1.29 is 0 Å². The number of anilines is 3. The van der Waals surface area contributed by atoms with E-state index in [1.807, 2.05) is 0 Å². The van der Waals surface area contributed by atoms with Crippen LogP contribution < -0.4 is 4.90 Å². The van der Waals surface area contributed by atoms with E-state index in [4.69, 9.17) is 0 Å². The fraction of sp³-hybridized carbons (Fsp3) is 0. The minimum atomic E-state index is 1.08. The molecule has 63 heavy (non-hydrogen) atoms. The van der Waals surface area contributed by atoms with Gasteiger partial charge in [0.05, 0.1) is 22.1 Å². The van der Waals surface area contributed by atoms with Gasteiger partial charge < -0.3 is 14.0 Å². The number of hydrogen-bond acceptors (Lipinski definition) is 1. The van der Waals surface area contributed by atoms with E-state index < -0.39 is 0 Å². The molecule has 0 saturated carbocycles. The first-order chi connectivity index (χ1) is 31.2. The molecule has 0 fully saturated rings. The Balaban J connectivity index is 1.05. The average Bonchev–Trinajstić information content (AvgIpc) is 3.88. The van der Waals surface area contributed by atoms with E-state index in [0.717, 1.165) is 39.6 Å². The van der Waals surface area contributed by atoms with Gasteiger partial charge in [0.2, 0.25) is 0 Å². The monoisotopic (exact) mass is 803 g/mol. The summed E-state index contributed by atoms with van der Waals surface area (Å²) < 4.78 is 4.86. The predicted octanol–water partition coefficient (Wildman–Crippen LogP) is 16.4. The van der Waals surface area contributed by atoms with Crippen molar-refractivity contribution in [3.05, 3.63) is 249 Å². The molecule has 12 aromatic rings. The number of nitrogens with zero attached hydrogens (tertiary/aromatic N) is 3. The van der Waals surface area contributed by atoms with Crippen molar-refractivity contribution in [3.8, 4) is 44.8 Å². The molecule has 10 aromatic carbocycles.